The van der Waals surface area contributed by atoms with Crippen LogP contribution < -0.4 is 4.72 Å². The van der Waals surface area contributed by atoms with Gasteiger partial charge in [0.15, 0.2) is 0 Å². The number of nitrogens with one attached hydrogen (secondary N) is 1. The summed E-state index contributed by atoms with van der Waals surface area (Å²) in [5.74, 6) is -1.78. The van der Waals surface area contributed by atoms with Crippen molar-refractivity contribution < 1.29 is 22.7 Å². The number of benzene rings is 1. The Morgan fingerprint density at radius 1 is 1.50 bits per heavy atom. The van der Waals surface area contributed by atoms with E-state index in [4.69, 9.17) is 5.11 Å². The molecule has 5 nitrogen and oxygen atoms in total. The fraction of sp³-hybridized carbons (Fsp3) is 0.222. The second-order valence-corrected chi connectivity index (χ2v) is 4.99. The molecule has 16 heavy (non-hydrogen) atoms. The minimum absolute atomic E-state index is 0.0753. The Morgan fingerprint density at radius 3 is 2.62 bits per heavy atom. The van der Waals surface area contributed by atoms with Gasteiger partial charge in [0, 0.05) is 0 Å². The van der Waals surface area contributed by atoms with E-state index in [0.717, 1.165) is 18.4 Å². The van der Waals surface area contributed by atoms with Gasteiger partial charge in [0.1, 0.15) is 5.82 Å². The largest absolute Gasteiger partial charge is 0.481 e. The molecule has 2 N–H and O–H groups in total. The second kappa shape index (κ2) is 4.48. The van der Waals surface area contributed by atoms with Crippen LogP contribution in [0.15, 0.2) is 18.2 Å². The van der Waals surface area contributed by atoms with Crippen molar-refractivity contribution in [2.45, 2.75) is 6.42 Å². The Bertz CT molecular complexity index is 512. The highest BCUT2D eigenvalue weighted by molar-refractivity contribution is 7.92. The molecule has 0 amide bonds. The maximum Gasteiger partial charge on any atom is 0.307 e. The Labute approximate surface area is 92.0 Å². The standard InChI is InChI=1S/C9H10FNO4S/c1-16(14,15)11-8-3-2-7(10)4-6(8)5-9(12)13/h2-4,11H,5H2,1H3,(H,12,13). The van der Waals surface area contributed by atoms with Gasteiger partial charge in [-0.3, -0.25) is 9.52 Å². The van der Waals surface area contributed by atoms with E-state index in [1.807, 2.05) is 0 Å². The number of hydrogen-bond donors (Lipinski definition) is 2. The van der Waals surface area contributed by atoms with Gasteiger partial charge in [-0.2, -0.15) is 0 Å². The number of halogens is 1. The molecule has 0 aromatic heterocycles. The number of carbonyl (C=O) groups is 1. The number of aliphatic carboxylic acids is 1. The lowest BCUT2D eigenvalue weighted by atomic mass is 10.1. The molecule has 88 valence electrons. The van der Waals surface area contributed by atoms with E-state index in [1.165, 1.54) is 6.07 Å². The van der Waals surface area contributed by atoms with Crippen LogP contribution >= 0.6 is 0 Å². The lowest BCUT2D eigenvalue weighted by Gasteiger charge is -2.08. The zero-order valence-electron chi connectivity index (χ0n) is 8.40. The van der Waals surface area contributed by atoms with Gasteiger partial charge in [-0.05, 0) is 23.8 Å². The summed E-state index contributed by atoms with van der Waals surface area (Å²) in [7, 11) is -3.51. The number of carboxylic acids is 1. The predicted molar refractivity (Wildman–Crippen MR) is 56.2 cm³/mol. The summed E-state index contributed by atoms with van der Waals surface area (Å²) in [6, 6.07) is 3.23. The van der Waals surface area contributed by atoms with Crippen LogP contribution in [0, 0.1) is 5.82 Å². The van der Waals surface area contributed by atoms with Gasteiger partial charge in [-0.25, -0.2) is 12.8 Å². The van der Waals surface area contributed by atoms with E-state index in [2.05, 4.69) is 4.72 Å². The molecule has 0 unspecified atom stereocenters. The summed E-state index contributed by atoms with van der Waals surface area (Å²) in [5, 5.41) is 8.58. The van der Waals surface area contributed by atoms with Crippen LogP contribution in [0.4, 0.5) is 10.1 Å². The molecule has 0 aliphatic carbocycles. The second-order valence-electron chi connectivity index (χ2n) is 3.25. The smallest absolute Gasteiger partial charge is 0.307 e. The zero-order valence-corrected chi connectivity index (χ0v) is 9.21. The summed E-state index contributed by atoms with van der Waals surface area (Å²) in [6.07, 6.45) is 0.483. The summed E-state index contributed by atoms with van der Waals surface area (Å²) in [4.78, 5) is 10.5. The van der Waals surface area contributed by atoms with E-state index < -0.39 is 28.2 Å². The molecular formula is C9H10FNO4S. The van der Waals surface area contributed by atoms with Gasteiger partial charge in [-0.15, -0.1) is 0 Å². The van der Waals surface area contributed by atoms with E-state index >= 15 is 0 Å². The molecule has 0 saturated carbocycles. The summed E-state index contributed by atoms with van der Waals surface area (Å²) in [5.41, 5.74) is 0.157. The molecular weight excluding hydrogens is 237 g/mol. The normalized spacial score (nSPS) is 11.1. The molecule has 0 heterocycles. The Morgan fingerprint density at radius 2 is 2.12 bits per heavy atom. The van der Waals surface area contributed by atoms with Crippen molar-refractivity contribution in [1.82, 2.24) is 0 Å². The van der Waals surface area contributed by atoms with Crippen LogP contribution in [0.2, 0.25) is 0 Å². The first-order valence-electron chi connectivity index (χ1n) is 4.26. The first-order valence-corrected chi connectivity index (χ1v) is 6.15. The lowest BCUT2D eigenvalue weighted by molar-refractivity contribution is -0.136. The monoisotopic (exact) mass is 247 g/mol. The van der Waals surface area contributed by atoms with E-state index in [9.17, 15) is 17.6 Å². The van der Waals surface area contributed by atoms with Crippen LogP contribution in [-0.4, -0.2) is 25.7 Å². The molecule has 0 radical (unpaired) electrons. The third-order valence-electron chi connectivity index (χ3n) is 1.70. The van der Waals surface area contributed by atoms with Crippen molar-refractivity contribution in [3.05, 3.63) is 29.6 Å². The topological polar surface area (TPSA) is 83.5 Å². The quantitative estimate of drug-likeness (QED) is 0.825. The number of hydrogen-bond acceptors (Lipinski definition) is 3. The fourth-order valence-electron chi connectivity index (χ4n) is 1.17. The molecule has 0 fully saturated rings. The van der Waals surface area contributed by atoms with Crippen molar-refractivity contribution in [1.29, 1.82) is 0 Å². The van der Waals surface area contributed by atoms with Gasteiger partial charge in [0.25, 0.3) is 0 Å². The number of sulfonamides is 1. The number of rotatable bonds is 4. The van der Waals surface area contributed by atoms with Gasteiger partial charge < -0.3 is 5.11 Å². The molecule has 0 atom stereocenters. The van der Waals surface area contributed by atoms with Crippen LogP contribution in [0.3, 0.4) is 0 Å². The van der Waals surface area contributed by atoms with Crippen LogP contribution in [0.25, 0.3) is 0 Å². The molecule has 0 aliphatic rings. The third kappa shape index (κ3) is 3.85. The molecule has 7 heteroatoms. The molecule has 0 saturated heterocycles. The van der Waals surface area contributed by atoms with Gasteiger partial charge in [0.2, 0.25) is 10.0 Å². The zero-order chi connectivity index (χ0) is 12.3. The molecule has 1 aromatic carbocycles. The van der Waals surface area contributed by atoms with Gasteiger partial charge in [-0.1, -0.05) is 0 Å². The molecule has 1 rings (SSSR count). The first-order chi connectivity index (χ1) is 7.28. The maximum atomic E-state index is 12.9. The summed E-state index contributed by atoms with van der Waals surface area (Å²) >= 11 is 0. The van der Waals surface area contributed by atoms with Crippen LogP contribution in [-0.2, 0) is 21.2 Å². The Kier molecular flexibility index (Phi) is 3.48. The third-order valence-corrected chi connectivity index (χ3v) is 2.30. The predicted octanol–water partition coefficient (Wildman–Crippen LogP) is 0.824. The minimum Gasteiger partial charge on any atom is -0.481 e. The van der Waals surface area contributed by atoms with E-state index in [-0.39, 0.29) is 11.3 Å². The van der Waals surface area contributed by atoms with Crippen molar-refractivity contribution >= 4 is 21.7 Å². The van der Waals surface area contributed by atoms with Crippen molar-refractivity contribution in [3.63, 3.8) is 0 Å². The van der Waals surface area contributed by atoms with E-state index in [1.54, 1.807) is 0 Å². The molecule has 0 bridgehead atoms. The average molecular weight is 247 g/mol. The molecule has 1 aromatic rings. The van der Waals surface area contributed by atoms with Crippen LogP contribution in [0.5, 0.6) is 0 Å². The fourth-order valence-corrected chi connectivity index (χ4v) is 1.77. The number of carboxylic acid groups (broad SMARTS) is 1. The first kappa shape index (κ1) is 12.4. The van der Waals surface area contributed by atoms with Gasteiger partial charge in [0.05, 0.1) is 18.4 Å². The highest BCUT2D eigenvalue weighted by atomic mass is 32.2. The SMILES string of the molecule is CS(=O)(=O)Nc1ccc(F)cc1CC(=O)O. The minimum atomic E-state index is -3.51. The lowest BCUT2D eigenvalue weighted by Crippen LogP contribution is -2.13. The maximum absolute atomic E-state index is 12.9. The molecule has 0 spiro atoms. The molecule has 0 aliphatic heterocycles. The summed E-state index contributed by atoms with van der Waals surface area (Å²) in [6.45, 7) is 0. The van der Waals surface area contributed by atoms with Crippen molar-refractivity contribution in [2.24, 2.45) is 0 Å². The summed E-state index contributed by atoms with van der Waals surface area (Å²) < 4.78 is 36.9. The highest BCUT2D eigenvalue weighted by Crippen LogP contribution is 2.18. The van der Waals surface area contributed by atoms with Crippen molar-refractivity contribution in [3.8, 4) is 0 Å². The van der Waals surface area contributed by atoms with Crippen LogP contribution in [0.1, 0.15) is 5.56 Å². The van der Waals surface area contributed by atoms with E-state index in [0.29, 0.717) is 0 Å². The average Bonchev–Trinajstić information content (AvgIpc) is 2.06. The van der Waals surface area contributed by atoms with Crippen molar-refractivity contribution in [2.75, 3.05) is 11.0 Å². The van der Waals surface area contributed by atoms with Gasteiger partial charge >= 0.3 is 5.97 Å². The Balaban J connectivity index is 3.12. The Hall–Kier alpha value is -1.63. The number of anilines is 1. The highest BCUT2D eigenvalue weighted by Gasteiger charge is 2.11.